The Labute approximate surface area is 153 Å². The summed E-state index contributed by atoms with van der Waals surface area (Å²) < 4.78 is 1.95. The zero-order valence-corrected chi connectivity index (χ0v) is 15.1. The van der Waals surface area contributed by atoms with Crippen molar-refractivity contribution in [1.82, 2.24) is 24.3 Å². The molecule has 1 saturated heterocycles. The molecule has 3 rings (SSSR count). The number of imidazole rings is 1. The number of nitrogens with zero attached hydrogens (tertiary/aromatic N) is 5. The lowest BCUT2D eigenvalue weighted by Crippen LogP contribution is -2.47. The van der Waals surface area contributed by atoms with E-state index in [1.807, 2.05) is 40.9 Å². The van der Waals surface area contributed by atoms with E-state index >= 15 is 0 Å². The molecule has 2 aromatic rings. The molecule has 26 heavy (non-hydrogen) atoms. The van der Waals surface area contributed by atoms with Crippen LogP contribution in [0.4, 0.5) is 0 Å². The van der Waals surface area contributed by atoms with E-state index in [1.54, 1.807) is 23.6 Å². The van der Waals surface area contributed by atoms with Crippen molar-refractivity contribution in [2.75, 3.05) is 26.7 Å². The maximum Gasteiger partial charge on any atom is 0.227 e. The zero-order chi connectivity index (χ0) is 18.4. The summed E-state index contributed by atoms with van der Waals surface area (Å²) in [5.74, 6) is 0.121. The number of hydrogen-bond donors (Lipinski definition) is 0. The van der Waals surface area contributed by atoms with E-state index in [4.69, 9.17) is 0 Å². The van der Waals surface area contributed by atoms with Crippen LogP contribution in [0.3, 0.4) is 0 Å². The number of hydrogen-bond acceptors (Lipinski definition) is 4. The Hall–Kier alpha value is -2.70. The first-order valence-corrected chi connectivity index (χ1v) is 9.02. The molecule has 2 amide bonds. The lowest BCUT2D eigenvalue weighted by molar-refractivity contribution is -0.142. The molecule has 0 aromatic carbocycles. The number of piperidine rings is 1. The lowest BCUT2D eigenvalue weighted by Gasteiger charge is -2.34. The summed E-state index contributed by atoms with van der Waals surface area (Å²) in [7, 11) is 1.83. The fourth-order valence-electron chi connectivity index (χ4n) is 3.23. The predicted molar refractivity (Wildman–Crippen MR) is 97.1 cm³/mol. The molecule has 0 bridgehead atoms. The molecule has 1 fully saturated rings. The third-order valence-corrected chi connectivity index (χ3v) is 4.84. The Bertz CT molecular complexity index is 717. The van der Waals surface area contributed by atoms with Crippen LogP contribution in [0.2, 0.25) is 0 Å². The fraction of sp³-hybridized carbons (Fsp3) is 0.474. The molecule has 0 radical (unpaired) electrons. The van der Waals surface area contributed by atoms with Crippen LogP contribution < -0.4 is 0 Å². The van der Waals surface area contributed by atoms with Crippen LogP contribution >= 0.6 is 0 Å². The Balaban J connectivity index is 1.51. The van der Waals surface area contributed by atoms with Crippen molar-refractivity contribution in [3.8, 4) is 0 Å². The first-order valence-electron chi connectivity index (χ1n) is 9.02. The van der Waals surface area contributed by atoms with Crippen molar-refractivity contribution in [2.45, 2.75) is 25.8 Å². The van der Waals surface area contributed by atoms with Gasteiger partial charge in [-0.25, -0.2) is 4.98 Å². The quantitative estimate of drug-likeness (QED) is 0.749. The molecule has 3 heterocycles. The fourth-order valence-corrected chi connectivity index (χ4v) is 3.23. The van der Waals surface area contributed by atoms with Crippen LogP contribution in [0, 0.1) is 5.92 Å². The maximum atomic E-state index is 12.7. The molecule has 2 aromatic heterocycles. The first kappa shape index (κ1) is 18.1. The van der Waals surface area contributed by atoms with Crippen LogP contribution in [0.5, 0.6) is 0 Å². The molecule has 0 N–H and O–H groups in total. The van der Waals surface area contributed by atoms with E-state index < -0.39 is 0 Å². The second kappa shape index (κ2) is 8.60. The van der Waals surface area contributed by atoms with E-state index in [2.05, 4.69) is 9.97 Å². The molecular weight excluding hydrogens is 330 g/mol. The van der Waals surface area contributed by atoms with Crippen LogP contribution in [-0.2, 0) is 22.6 Å². The van der Waals surface area contributed by atoms with Gasteiger partial charge in [0.05, 0.1) is 12.2 Å². The van der Waals surface area contributed by atoms with Crippen LogP contribution in [0.25, 0.3) is 0 Å². The summed E-state index contributed by atoms with van der Waals surface area (Å²) in [6.07, 6.45) is 8.90. The van der Waals surface area contributed by atoms with Gasteiger partial charge in [-0.15, -0.1) is 0 Å². The van der Waals surface area contributed by atoms with Crippen molar-refractivity contribution < 1.29 is 9.59 Å². The smallest absolute Gasteiger partial charge is 0.227 e. The monoisotopic (exact) mass is 355 g/mol. The molecular formula is C19H25N5O2. The van der Waals surface area contributed by atoms with E-state index in [-0.39, 0.29) is 17.7 Å². The third-order valence-electron chi connectivity index (χ3n) is 4.84. The maximum absolute atomic E-state index is 12.7. The number of likely N-dealkylation sites (N-methyl/N-ethyl adjacent to an activating group) is 1. The highest BCUT2D eigenvalue weighted by atomic mass is 16.2. The van der Waals surface area contributed by atoms with Gasteiger partial charge in [0.25, 0.3) is 0 Å². The SMILES string of the molecule is CN(CCn1ccnc1)C(=O)C1CCC(=O)N(CCc2ccccn2)C1. The van der Waals surface area contributed by atoms with Gasteiger partial charge in [-0.2, -0.15) is 0 Å². The molecule has 0 saturated carbocycles. The molecule has 1 atom stereocenters. The Kier molecular flexibility index (Phi) is 5.99. The van der Waals surface area contributed by atoms with E-state index in [0.29, 0.717) is 38.9 Å². The summed E-state index contributed by atoms with van der Waals surface area (Å²) in [6, 6.07) is 5.78. The minimum absolute atomic E-state index is 0.112. The molecule has 1 aliphatic heterocycles. The third kappa shape index (κ3) is 4.68. The van der Waals surface area contributed by atoms with Gasteiger partial charge >= 0.3 is 0 Å². The van der Waals surface area contributed by atoms with Crippen LogP contribution in [-0.4, -0.2) is 62.8 Å². The van der Waals surface area contributed by atoms with Crippen molar-refractivity contribution in [3.63, 3.8) is 0 Å². The molecule has 1 aliphatic rings. The Morgan fingerprint density at radius 1 is 1.31 bits per heavy atom. The van der Waals surface area contributed by atoms with Gasteiger partial charge in [0.1, 0.15) is 0 Å². The van der Waals surface area contributed by atoms with Gasteiger partial charge in [-0.1, -0.05) is 6.07 Å². The number of aromatic nitrogens is 3. The first-order chi connectivity index (χ1) is 12.6. The predicted octanol–water partition coefficient (Wildman–Crippen LogP) is 1.22. The number of carbonyl (C=O) groups excluding carboxylic acids is 2. The largest absolute Gasteiger partial charge is 0.344 e. The van der Waals surface area contributed by atoms with Crippen molar-refractivity contribution in [2.24, 2.45) is 5.92 Å². The van der Waals surface area contributed by atoms with E-state index in [9.17, 15) is 9.59 Å². The van der Waals surface area contributed by atoms with Gasteiger partial charge in [-0.05, 0) is 18.6 Å². The number of pyridine rings is 1. The molecule has 138 valence electrons. The van der Waals surface area contributed by atoms with E-state index in [1.165, 1.54) is 0 Å². The highest BCUT2D eigenvalue weighted by Crippen LogP contribution is 2.20. The summed E-state index contributed by atoms with van der Waals surface area (Å²) >= 11 is 0. The number of rotatable bonds is 7. The average Bonchev–Trinajstić information content (AvgIpc) is 3.19. The molecule has 0 spiro atoms. The lowest BCUT2D eigenvalue weighted by atomic mass is 9.96. The highest BCUT2D eigenvalue weighted by molar-refractivity contribution is 5.83. The summed E-state index contributed by atoms with van der Waals surface area (Å²) in [5.41, 5.74) is 0.964. The van der Waals surface area contributed by atoms with Crippen LogP contribution in [0.1, 0.15) is 18.5 Å². The van der Waals surface area contributed by atoms with Crippen molar-refractivity contribution in [3.05, 3.63) is 48.8 Å². The molecule has 7 heteroatoms. The second-order valence-electron chi connectivity index (χ2n) is 6.71. The minimum atomic E-state index is -0.121. The summed E-state index contributed by atoms with van der Waals surface area (Å²) in [5, 5.41) is 0. The van der Waals surface area contributed by atoms with Crippen molar-refractivity contribution in [1.29, 1.82) is 0 Å². The zero-order valence-electron chi connectivity index (χ0n) is 15.1. The second-order valence-corrected chi connectivity index (χ2v) is 6.71. The minimum Gasteiger partial charge on any atom is -0.344 e. The number of amides is 2. The van der Waals surface area contributed by atoms with Gasteiger partial charge in [-0.3, -0.25) is 14.6 Å². The van der Waals surface area contributed by atoms with Gasteiger partial charge in [0, 0.05) is 70.4 Å². The highest BCUT2D eigenvalue weighted by Gasteiger charge is 2.31. The van der Waals surface area contributed by atoms with Gasteiger partial charge < -0.3 is 14.4 Å². The van der Waals surface area contributed by atoms with Crippen molar-refractivity contribution >= 4 is 11.8 Å². The van der Waals surface area contributed by atoms with Gasteiger partial charge in [0.2, 0.25) is 11.8 Å². The molecule has 1 unspecified atom stereocenters. The van der Waals surface area contributed by atoms with Crippen LogP contribution in [0.15, 0.2) is 43.1 Å². The standard InChI is InChI=1S/C19H25N5O2/c1-22(12-13-23-11-9-20-15-23)19(26)16-5-6-18(25)24(14-16)10-7-17-4-2-3-8-21-17/h2-4,8-9,11,15-16H,5-7,10,12-14H2,1H3. The topological polar surface area (TPSA) is 71.3 Å². The summed E-state index contributed by atoms with van der Waals surface area (Å²) in [6.45, 7) is 2.46. The average molecular weight is 355 g/mol. The normalized spacial score (nSPS) is 17.3. The number of likely N-dealkylation sites (tertiary alicyclic amines) is 1. The number of carbonyl (C=O) groups is 2. The Morgan fingerprint density at radius 3 is 2.92 bits per heavy atom. The van der Waals surface area contributed by atoms with Gasteiger partial charge in [0.15, 0.2) is 0 Å². The molecule has 0 aliphatic carbocycles. The van der Waals surface area contributed by atoms with E-state index in [0.717, 1.165) is 12.2 Å². The molecule has 7 nitrogen and oxygen atoms in total. The Morgan fingerprint density at radius 2 is 2.19 bits per heavy atom. The summed E-state index contributed by atoms with van der Waals surface area (Å²) in [4.78, 5) is 36.8.